The van der Waals surface area contributed by atoms with Gasteiger partial charge in [0.1, 0.15) is 5.82 Å². The molecule has 1 aromatic carbocycles. The van der Waals surface area contributed by atoms with Crippen molar-refractivity contribution < 1.29 is 4.39 Å². The van der Waals surface area contributed by atoms with E-state index in [0.29, 0.717) is 5.56 Å². The highest BCUT2D eigenvalue weighted by molar-refractivity contribution is 9.10. The van der Waals surface area contributed by atoms with Crippen LogP contribution in [-0.4, -0.2) is 0 Å². The quantitative estimate of drug-likeness (QED) is 0.818. The van der Waals surface area contributed by atoms with Crippen molar-refractivity contribution in [2.75, 3.05) is 0 Å². The zero-order chi connectivity index (χ0) is 9.14. The van der Waals surface area contributed by atoms with Gasteiger partial charge in [0.2, 0.25) is 0 Å². The molecule has 0 aliphatic carbocycles. The Morgan fingerprint density at radius 2 is 2.15 bits per heavy atom. The lowest BCUT2D eigenvalue weighted by Gasteiger charge is -2.08. The molecule has 4 heteroatoms. The molecule has 13 heavy (non-hydrogen) atoms. The molecule has 0 aliphatic heterocycles. The van der Waals surface area contributed by atoms with Gasteiger partial charge < -0.3 is 5.73 Å². The normalized spacial score (nSPS) is 11.6. The summed E-state index contributed by atoms with van der Waals surface area (Å²) in [5, 5.41) is 0. The Bertz CT molecular complexity index is 304. The van der Waals surface area contributed by atoms with E-state index in [4.69, 9.17) is 5.73 Å². The SMILES string of the molecule is C=C[C@@H](N)c1cc(F)ccc1Br.Cl. The van der Waals surface area contributed by atoms with Gasteiger partial charge in [-0.2, -0.15) is 0 Å². The third-order valence-electron chi connectivity index (χ3n) is 1.57. The van der Waals surface area contributed by atoms with Crippen LogP contribution in [-0.2, 0) is 0 Å². The number of nitrogens with two attached hydrogens (primary N) is 1. The van der Waals surface area contributed by atoms with Gasteiger partial charge in [-0.1, -0.05) is 22.0 Å². The fraction of sp³-hybridized carbons (Fsp3) is 0.111. The van der Waals surface area contributed by atoms with Gasteiger partial charge in [-0.15, -0.1) is 19.0 Å². The van der Waals surface area contributed by atoms with Crippen molar-refractivity contribution in [1.29, 1.82) is 0 Å². The second kappa shape index (κ2) is 5.37. The predicted octanol–water partition coefficient (Wildman–Crippen LogP) is 3.20. The molecule has 0 saturated heterocycles. The van der Waals surface area contributed by atoms with E-state index in [9.17, 15) is 4.39 Å². The lowest BCUT2D eigenvalue weighted by atomic mass is 10.1. The number of benzene rings is 1. The third-order valence-corrected chi connectivity index (χ3v) is 2.29. The van der Waals surface area contributed by atoms with Crippen LogP contribution in [0.4, 0.5) is 4.39 Å². The predicted molar refractivity (Wildman–Crippen MR) is 58.5 cm³/mol. The smallest absolute Gasteiger partial charge is 0.123 e. The van der Waals surface area contributed by atoms with Gasteiger partial charge in [0.05, 0.1) is 0 Å². The first-order valence-corrected chi connectivity index (χ1v) is 4.27. The fourth-order valence-corrected chi connectivity index (χ4v) is 1.41. The largest absolute Gasteiger partial charge is 0.321 e. The van der Waals surface area contributed by atoms with Gasteiger partial charge >= 0.3 is 0 Å². The summed E-state index contributed by atoms with van der Waals surface area (Å²) in [5.41, 5.74) is 6.36. The van der Waals surface area contributed by atoms with E-state index in [1.54, 1.807) is 12.1 Å². The maximum absolute atomic E-state index is 12.7. The zero-order valence-corrected chi connectivity index (χ0v) is 9.24. The van der Waals surface area contributed by atoms with E-state index in [2.05, 4.69) is 22.5 Å². The number of hydrogen-bond donors (Lipinski definition) is 1. The standard InChI is InChI=1S/C9H9BrFN.ClH/c1-2-9(12)7-5-6(11)3-4-8(7)10;/h2-5,9H,1,12H2;1H/t9-;/m1./s1. The summed E-state index contributed by atoms with van der Waals surface area (Å²) in [7, 11) is 0. The van der Waals surface area contributed by atoms with Crippen LogP contribution in [0.3, 0.4) is 0 Å². The summed E-state index contributed by atoms with van der Waals surface area (Å²) in [5.74, 6) is -0.287. The summed E-state index contributed by atoms with van der Waals surface area (Å²) in [6.07, 6.45) is 1.57. The molecular formula is C9H10BrClFN. The van der Waals surface area contributed by atoms with Crippen LogP contribution in [0.25, 0.3) is 0 Å². The molecule has 1 atom stereocenters. The lowest BCUT2D eigenvalue weighted by molar-refractivity contribution is 0.623. The molecule has 0 unspecified atom stereocenters. The zero-order valence-electron chi connectivity index (χ0n) is 6.84. The molecule has 2 N–H and O–H groups in total. The van der Waals surface area contributed by atoms with Crippen molar-refractivity contribution in [1.82, 2.24) is 0 Å². The van der Waals surface area contributed by atoms with Gasteiger partial charge in [-0.25, -0.2) is 4.39 Å². The molecule has 0 bridgehead atoms. The Kier molecular flexibility index (Phi) is 5.21. The first kappa shape index (κ1) is 12.6. The molecule has 1 nitrogen and oxygen atoms in total. The van der Waals surface area contributed by atoms with Gasteiger partial charge in [0.25, 0.3) is 0 Å². The summed E-state index contributed by atoms with van der Waals surface area (Å²) >= 11 is 3.28. The molecule has 72 valence electrons. The van der Waals surface area contributed by atoms with Gasteiger partial charge in [0.15, 0.2) is 0 Å². The highest BCUT2D eigenvalue weighted by Gasteiger charge is 2.06. The Balaban J connectivity index is 0.00000144. The van der Waals surface area contributed by atoms with Crippen molar-refractivity contribution >= 4 is 28.3 Å². The van der Waals surface area contributed by atoms with Crippen molar-refractivity contribution in [3.05, 3.63) is 46.7 Å². The molecular weight excluding hydrogens is 256 g/mol. The minimum Gasteiger partial charge on any atom is -0.321 e. The van der Waals surface area contributed by atoms with E-state index >= 15 is 0 Å². The summed E-state index contributed by atoms with van der Waals surface area (Å²) in [6, 6.07) is 4.09. The molecule has 0 fully saturated rings. The summed E-state index contributed by atoms with van der Waals surface area (Å²) < 4.78 is 13.5. The summed E-state index contributed by atoms with van der Waals surface area (Å²) in [6.45, 7) is 3.54. The second-order valence-corrected chi connectivity index (χ2v) is 3.28. The summed E-state index contributed by atoms with van der Waals surface area (Å²) in [4.78, 5) is 0. The van der Waals surface area contributed by atoms with Crippen LogP contribution in [0, 0.1) is 5.82 Å². The number of halogens is 3. The molecule has 0 aliphatic rings. The monoisotopic (exact) mass is 265 g/mol. The molecule has 0 saturated carbocycles. The van der Waals surface area contributed by atoms with Crippen LogP contribution < -0.4 is 5.73 Å². The molecule has 0 radical (unpaired) electrons. The fourth-order valence-electron chi connectivity index (χ4n) is 0.897. The van der Waals surface area contributed by atoms with Crippen LogP contribution in [0.5, 0.6) is 0 Å². The highest BCUT2D eigenvalue weighted by atomic mass is 79.9. The van der Waals surface area contributed by atoms with Crippen LogP contribution in [0.2, 0.25) is 0 Å². The van der Waals surface area contributed by atoms with Crippen molar-refractivity contribution in [3.8, 4) is 0 Å². The molecule has 0 spiro atoms. The van der Waals surface area contributed by atoms with Crippen molar-refractivity contribution in [2.24, 2.45) is 5.73 Å². The van der Waals surface area contributed by atoms with Gasteiger partial charge in [0, 0.05) is 10.5 Å². The number of rotatable bonds is 2. The molecule has 1 rings (SSSR count). The van der Waals surface area contributed by atoms with Crippen LogP contribution >= 0.6 is 28.3 Å². The van der Waals surface area contributed by atoms with E-state index in [-0.39, 0.29) is 24.3 Å². The third kappa shape index (κ3) is 3.10. The van der Waals surface area contributed by atoms with Gasteiger partial charge in [-0.05, 0) is 23.8 Å². The van der Waals surface area contributed by atoms with E-state index < -0.39 is 0 Å². The molecule has 1 aromatic rings. The van der Waals surface area contributed by atoms with Crippen LogP contribution in [0.15, 0.2) is 35.3 Å². The minimum atomic E-state index is -0.324. The van der Waals surface area contributed by atoms with Crippen LogP contribution in [0.1, 0.15) is 11.6 Å². The average Bonchev–Trinajstić information content (AvgIpc) is 2.08. The Labute approximate surface area is 91.4 Å². The number of hydrogen-bond acceptors (Lipinski definition) is 1. The first-order valence-electron chi connectivity index (χ1n) is 3.48. The Hall–Kier alpha value is -0.380. The second-order valence-electron chi connectivity index (χ2n) is 2.43. The van der Waals surface area contributed by atoms with Gasteiger partial charge in [-0.3, -0.25) is 0 Å². The highest BCUT2D eigenvalue weighted by Crippen LogP contribution is 2.23. The lowest BCUT2D eigenvalue weighted by Crippen LogP contribution is -2.07. The molecule has 0 amide bonds. The van der Waals surface area contributed by atoms with Crippen molar-refractivity contribution in [3.63, 3.8) is 0 Å². The minimum absolute atomic E-state index is 0. The maximum Gasteiger partial charge on any atom is 0.123 e. The van der Waals surface area contributed by atoms with Crippen molar-refractivity contribution in [2.45, 2.75) is 6.04 Å². The Morgan fingerprint density at radius 3 is 2.69 bits per heavy atom. The molecule has 0 heterocycles. The van der Waals surface area contributed by atoms with E-state index in [1.165, 1.54) is 12.1 Å². The average molecular weight is 267 g/mol. The van der Waals surface area contributed by atoms with E-state index in [0.717, 1.165) is 4.47 Å². The maximum atomic E-state index is 12.7. The first-order chi connectivity index (χ1) is 5.65. The van der Waals surface area contributed by atoms with E-state index in [1.807, 2.05) is 0 Å². The molecule has 0 aromatic heterocycles. The topological polar surface area (TPSA) is 26.0 Å². The Morgan fingerprint density at radius 1 is 1.54 bits per heavy atom.